The van der Waals surface area contributed by atoms with Crippen LogP contribution in [0.3, 0.4) is 0 Å². The third-order valence-electron chi connectivity index (χ3n) is 4.69. The van der Waals surface area contributed by atoms with Crippen LogP contribution in [0.25, 0.3) is 16.7 Å². The smallest absolute Gasteiger partial charge is 0.262 e. The number of thioether (sulfide) groups is 1. The molecule has 10 heteroatoms. The molecule has 0 radical (unpaired) electrons. The lowest BCUT2D eigenvalue weighted by molar-refractivity contribution is -0.113. The van der Waals surface area contributed by atoms with Crippen molar-refractivity contribution in [2.24, 2.45) is 0 Å². The minimum Gasteiger partial charge on any atom is -0.385 e. The fraction of sp³-hybridized carbons (Fsp3) is 0.238. The third kappa shape index (κ3) is 4.43. The van der Waals surface area contributed by atoms with Gasteiger partial charge in [-0.25, -0.2) is 0 Å². The summed E-state index contributed by atoms with van der Waals surface area (Å²) in [5.41, 5.74) is 1.13. The molecular weight excluding hydrogens is 438 g/mol. The lowest BCUT2D eigenvalue weighted by atomic mass is 10.2. The average molecular weight is 458 g/mol. The summed E-state index contributed by atoms with van der Waals surface area (Å²) in [6.45, 7) is 0.986. The number of benzene rings is 2. The maximum absolute atomic E-state index is 13.0. The molecule has 0 bridgehead atoms. The zero-order valence-corrected chi connectivity index (χ0v) is 18.3. The van der Waals surface area contributed by atoms with Crippen LogP contribution in [-0.2, 0) is 16.1 Å². The Morgan fingerprint density at radius 2 is 1.94 bits per heavy atom. The van der Waals surface area contributed by atoms with Crippen LogP contribution in [0.2, 0.25) is 5.02 Å². The van der Waals surface area contributed by atoms with Crippen LogP contribution in [-0.4, -0.2) is 44.5 Å². The van der Waals surface area contributed by atoms with Crippen molar-refractivity contribution in [2.45, 2.75) is 18.1 Å². The van der Waals surface area contributed by atoms with Gasteiger partial charge in [0, 0.05) is 20.3 Å². The Morgan fingerprint density at radius 3 is 2.74 bits per heavy atom. The van der Waals surface area contributed by atoms with E-state index in [1.54, 1.807) is 42.0 Å². The topological polar surface area (TPSA) is 90.5 Å². The monoisotopic (exact) mass is 457 g/mol. The zero-order valence-electron chi connectivity index (χ0n) is 16.7. The molecule has 0 spiro atoms. The van der Waals surface area contributed by atoms with Gasteiger partial charge in [0.05, 0.1) is 27.4 Å². The van der Waals surface area contributed by atoms with Gasteiger partial charge < -0.3 is 10.1 Å². The highest BCUT2D eigenvalue weighted by molar-refractivity contribution is 7.99. The number of amides is 1. The average Bonchev–Trinajstić information content (AvgIpc) is 3.20. The second-order valence-electron chi connectivity index (χ2n) is 6.75. The van der Waals surface area contributed by atoms with Gasteiger partial charge in [0.15, 0.2) is 5.16 Å². The number of anilines is 1. The first kappa shape index (κ1) is 21.4. The molecule has 2 heterocycles. The van der Waals surface area contributed by atoms with Crippen molar-refractivity contribution in [1.29, 1.82) is 0 Å². The van der Waals surface area contributed by atoms with Gasteiger partial charge in [-0.2, -0.15) is 0 Å². The van der Waals surface area contributed by atoms with Gasteiger partial charge in [-0.3, -0.25) is 18.6 Å². The van der Waals surface area contributed by atoms with E-state index >= 15 is 0 Å². The Hall–Kier alpha value is -2.88. The van der Waals surface area contributed by atoms with Crippen LogP contribution in [0.4, 0.5) is 5.69 Å². The fourth-order valence-electron chi connectivity index (χ4n) is 3.27. The van der Waals surface area contributed by atoms with E-state index in [9.17, 15) is 9.59 Å². The number of fused-ring (bicyclic) bond motifs is 3. The van der Waals surface area contributed by atoms with E-state index in [2.05, 4.69) is 15.5 Å². The zero-order chi connectivity index (χ0) is 21.8. The van der Waals surface area contributed by atoms with Crippen LogP contribution < -0.4 is 10.9 Å². The molecule has 2 aromatic heterocycles. The van der Waals surface area contributed by atoms with E-state index in [0.717, 1.165) is 0 Å². The quantitative estimate of drug-likeness (QED) is 0.322. The van der Waals surface area contributed by atoms with E-state index in [0.29, 0.717) is 52.1 Å². The summed E-state index contributed by atoms with van der Waals surface area (Å²) in [5.74, 6) is 0.338. The minimum atomic E-state index is -0.215. The highest BCUT2D eigenvalue weighted by atomic mass is 35.5. The highest BCUT2D eigenvalue weighted by Gasteiger charge is 2.17. The number of carbonyl (C=O) groups is 1. The van der Waals surface area contributed by atoms with Crippen molar-refractivity contribution in [3.63, 3.8) is 0 Å². The lowest BCUT2D eigenvalue weighted by Crippen LogP contribution is -2.24. The largest absolute Gasteiger partial charge is 0.385 e. The number of carbonyl (C=O) groups excluding carboxylic acids is 1. The van der Waals surface area contributed by atoms with Crippen molar-refractivity contribution >= 4 is 51.6 Å². The first-order chi connectivity index (χ1) is 15.1. The Bertz CT molecular complexity index is 1300. The van der Waals surface area contributed by atoms with Gasteiger partial charge in [0.25, 0.3) is 5.56 Å². The summed E-state index contributed by atoms with van der Waals surface area (Å²) in [7, 11) is 1.62. The molecule has 0 aliphatic rings. The molecule has 0 aliphatic heterocycles. The summed E-state index contributed by atoms with van der Waals surface area (Å²) in [5, 5.41) is 12.9. The van der Waals surface area contributed by atoms with E-state index < -0.39 is 0 Å². The van der Waals surface area contributed by atoms with Gasteiger partial charge in [-0.15, -0.1) is 10.2 Å². The standard InChI is InChI=1S/C21H20ClN5O3S/c1-30-12-6-11-26-19(29)14-7-2-5-10-17(14)27-20(26)24-25-21(27)31-13-18(28)23-16-9-4-3-8-15(16)22/h2-5,7-10H,6,11-13H2,1H3,(H,23,28). The number of halogens is 1. The van der Waals surface area contributed by atoms with Crippen molar-refractivity contribution in [3.8, 4) is 0 Å². The van der Waals surface area contributed by atoms with Gasteiger partial charge in [-0.05, 0) is 30.7 Å². The molecule has 0 unspecified atom stereocenters. The first-order valence-electron chi connectivity index (χ1n) is 9.63. The maximum atomic E-state index is 13.0. The summed E-state index contributed by atoms with van der Waals surface area (Å²) >= 11 is 7.35. The van der Waals surface area contributed by atoms with Crippen LogP contribution in [0, 0.1) is 0 Å². The number of hydrogen-bond donors (Lipinski definition) is 1. The number of aryl methyl sites for hydroxylation is 1. The van der Waals surface area contributed by atoms with Crippen molar-refractivity contribution < 1.29 is 9.53 Å². The molecule has 8 nitrogen and oxygen atoms in total. The molecule has 2 aromatic carbocycles. The normalized spacial score (nSPS) is 11.3. The Labute approximate surface area is 187 Å². The molecule has 1 amide bonds. The van der Waals surface area contributed by atoms with Crippen molar-refractivity contribution in [1.82, 2.24) is 19.2 Å². The molecule has 0 saturated heterocycles. The molecule has 0 fully saturated rings. The fourth-order valence-corrected chi connectivity index (χ4v) is 4.20. The molecular formula is C21H20ClN5O3S. The number of ether oxygens (including phenoxy) is 1. The summed E-state index contributed by atoms with van der Waals surface area (Å²) in [4.78, 5) is 25.4. The first-order valence-corrected chi connectivity index (χ1v) is 11.0. The van der Waals surface area contributed by atoms with Gasteiger partial charge >= 0.3 is 0 Å². The van der Waals surface area contributed by atoms with Crippen LogP contribution in [0.15, 0.2) is 58.5 Å². The molecule has 4 rings (SSSR count). The number of aromatic nitrogens is 4. The second kappa shape index (κ2) is 9.51. The number of nitrogens with zero attached hydrogens (tertiary/aromatic N) is 4. The lowest BCUT2D eigenvalue weighted by Gasteiger charge is -2.11. The Morgan fingerprint density at radius 1 is 1.16 bits per heavy atom. The van der Waals surface area contributed by atoms with Gasteiger partial charge in [0.2, 0.25) is 11.7 Å². The summed E-state index contributed by atoms with van der Waals surface area (Å²) < 4.78 is 8.53. The number of rotatable bonds is 8. The summed E-state index contributed by atoms with van der Waals surface area (Å²) in [6.07, 6.45) is 0.667. The molecule has 0 saturated carbocycles. The van der Waals surface area contributed by atoms with Crippen LogP contribution in [0.1, 0.15) is 6.42 Å². The molecule has 31 heavy (non-hydrogen) atoms. The third-order valence-corrected chi connectivity index (χ3v) is 5.95. The number of hydrogen-bond acceptors (Lipinski definition) is 6. The summed E-state index contributed by atoms with van der Waals surface area (Å²) in [6, 6.07) is 14.4. The second-order valence-corrected chi connectivity index (χ2v) is 8.10. The number of nitrogens with one attached hydrogen (secondary N) is 1. The predicted molar refractivity (Wildman–Crippen MR) is 122 cm³/mol. The number of para-hydroxylation sites is 2. The SMILES string of the molecule is COCCCn1c(=O)c2ccccc2n2c(SCC(=O)Nc3ccccc3Cl)nnc12. The van der Waals surface area contributed by atoms with Crippen molar-refractivity contribution in [3.05, 3.63) is 63.9 Å². The molecule has 0 atom stereocenters. The van der Waals surface area contributed by atoms with Crippen molar-refractivity contribution in [2.75, 3.05) is 24.8 Å². The van der Waals surface area contributed by atoms with Gasteiger partial charge in [-0.1, -0.05) is 47.6 Å². The van der Waals surface area contributed by atoms with E-state index in [4.69, 9.17) is 16.3 Å². The Kier molecular flexibility index (Phi) is 6.55. The van der Waals surface area contributed by atoms with E-state index in [1.807, 2.05) is 22.6 Å². The van der Waals surface area contributed by atoms with Gasteiger partial charge in [0.1, 0.15) is 0 Å². The number of methoxy groups -OCH3 is 1. The molecule has 4 aromatic rings. The van der Waals surface area contributed by atoms with E-state index in [1.165, 1.54) is 11.8 Å². The Balaban J connectivity index is 1.65. The van der Waals surface area contributed by atoms with Crippen LogP contribution in [0.5, 0.6) is 0 Å². The van der Waals surface area contributed by atoms with Crippen LogP contribution >= 0.6 is 23.4 Å². The molecule has 1 N–H and O–H groups in total. The predicted octanol–water partition coefficient (Wildman–Crippen LogP) is 3.46. The highest BCUT2D eigenvalue weighted by Crippen LogP contribution is 2.24. The van der Waals surface area contributed by atoms with E-state index in [-0.39, 0.29) is 17.2 Å². The maximum Gasteiger partial charge on any atom is 0.262 e. The minimum absolute atomic E-state index is 0.114. The molecule has 160 valence electrons. The molecule has 0 aliphatic carbocycles.